The van der Waals surface area contributed by atoms with Crippen molar-refractivity contribution in [2.45, 2.75) is 0 Å². The summed E-state index contributed by atoms with van der Waals surface area (Å²) in [5.74, 6) is 0.599. The first kappa shape index (κ1) is 8.49. The summed E-state index contributed by atoms with van der Waals surface area (Å²) in [4.78, 5) is 14.7. The van der Waals surface area contributed by atoms with Crippen molar-refractivity contribution in [1.82, 2.24) is 10.3 Å². The fourth-order valence-electron chi connectivity index (χ4n) is 1.10. The summed E-state index contributed by atoms with van der Waals surface area (Å²) in [6.07, 6.45) is 4.42. The first-order valence-corrected chi connectivity index (χ1v) is 3.90. The van der Waals surface area contributed by atoms with Gasteiger partial charge in [-0.15, -0.1) is 0 Å². The predicted octanol–water partition coefficient (Wildman–Crippen LogP) is -0.352. The maximum absolute atomic E-state index is 10.8. The number of H-pyrrole nitrogens is 1. The molecule has 0 unspecified atom stereocenters. The van der Waals surface area contributed by atoms with Crippen molar-refractivity contribution in [1.29, 1.82) is 0 Å². The molecule has 0 radical (unpaired) electrons. The molecular weight excluding hydrogens is 186 g/mol. The zero-order chi connectivity index (χ0) is 9.97. The summed E-state index contributed by atoms with van der Waals surface area (Å²) < 4.78 is 11.0. The minimum absolute atomic E-state index is 0.462. The minimum atomic E-state index is -0.462. The van der Waals surface area contributed by atoms with Gasteiger partial charge in [0.1, 0.15) is 6.20 Å². The zero-order valence-electron chi connectivity index (χ0n) is 7.43. The van der Waals surface area contributed by atoms with E-state index in [0.29, 0.717) is 11.4 Å². The minimum Gasteiger partial charge on any atom is -0.490 e. The van der Waals surface area contributed by atoms with Gasteiger partial charge in [-0.25, -0.2) is 4.79 Å². The molecule has 0 spiro atoms. The lowest BCUT2D eigenvalue weighted by Gasteiger charge is -1.97. The number of nitrogens with zero attached hydrogens (tertiary/aromatic N) is 2. The molecule has 0 saturated carbocycles. The zero-order valence-corrected chi connectivity index (χ0v) is 7.43. The lowest BCUT2D eigenvalue weighted by molar-refractivity contribution is -0.670. The van der Waals surface area contributed by atoms with E-state index in [9.17, 15) is 4.79 Å². The third kappa shape index (κ3) is 1.37. The number of methoxy groups -OCH3 is 1. The third-order valence-electron chi connectivity index (χ3n) is 1.72. The van der Waals surface area contributed by atoms with Crippen LogP contribution in [0.5, 0.6) is 5.75 Å². The van der Waals surface area contributed by atoms with Crippen molar-refractivity contribution in [3.8, 4) is 11.4 Å². The number of aromatic amines is 1. The van der Waals surface area contributed by atoms with Gasteiger partial charge in [-0.3, -0.25) is 9.51 Å². The van der Waals surface area contributed by atoms with Crippen molar-refractivity contribution < 1.29 is 13.9 Å². The van der Waals surface area contributed by atoms with E-state index in [1.807, 2.05) is 0 Å². The molecule has 0 aliphatic heterocycles. The van der Waals surface area contributed by atoms with Gasteiger partial charge in [-0.1, -0.05) is 0 Å². The molecule has 2 aromatic heterocycles. The van der Waals surface area contributed by atoms with Crippen LogP contribution in [-0.4, -0.2) is 17.4 Å². The van der Waals surface area contributed by atoms with Crippen LogP contribution in [-0.2, 0) is 0 Å². The Morgan fingerprint density at radius 2 is 2.50 bits per heavy atom. The van der Waals surface area contributed by atoms with Crippen LogP contribution in [0.3, 0.4) is 0 Å². The molecule has 2 aromatic rings. The first-order chi connectivity index (χ1) is 6.81. The monoisotopic (exact) mass is 194 g/mol. The molecule has 2 rings (SSSR count). The number of hydrogen-bond donors (Lipinski definition) is 1. The smallest absolute Gasteiger partial charge is 0.427 e. The van der Waals surface area contributed by atoms with Gasteiger partial charge in [0.25, 0.3) is 11.9 Å². The summed E-state index contributed by atoms with van der Waals surface area (Å²) in [6, 6.07) is 1.69. The first-order valence-electron chi connectivity index (χ1n) is 3.90. The molecule has 0 amide bonds. The summed E-state index contributed by atoms with van der Waals surface area (Å²) >= 11 is 0. The van der Waals surface area contributed by atoms with Crippen LogP contribution >= 0.6 is 0 Å². The Kier molecular flexibility index (Phi) is 2.02. The van der Waals surface area contributed by atoms with Gasteiger partial charge in [-0.2, -0.15) is 0 Å². The molecule has 14 heavy (non-hydrogen) atoms. The van der Waals surface area contributed by atoms with Gasteiger partial charge < -0.3 is 4.74 Å². The molecule has 1 N–H and O–H groups in total. The largest absolute Gasteiger partial charge is 0.490 e. The Balaban J connectivity index is 2.55. The summed E-state index contributed by atoms with van der Waals surface area (Å²) in [7, 11) is 1.54. The van der Waals surface area contributed by atoms with E-state index in [0.717, 1.165) is 0 Å². The standard InChI is InChI=1S/C8H7N3O3/c1-13-7-2-3-9-4-6(7)11-5-8(12)14-10-11/h2-5H,1H3/p+1. The van der Waals surface area contributed by atoms with E-state index in [1.165, 1.54) is 18.0 Å². The van der Waals surface area contributed by atoms with Crippen LogP contribution in [0, 0.1) is 0 Å². The number of pyridine rings is 1. The number of nitrogens with one attached hydrogen (secondary N) is 1. The molecule has 0 aliphatic carbocycles. The SMILES string of the molecule is COc1ccncc1-[n+]1cc(=O)o[nH]1. The van der Waals surface area contributed by atoms with Gasteiger partial charge in [-0.05, 0) is 9.95 Å². The molecule has 0 bridgehead atoms. The van der Waals surface area contributed by atoms with E-state index in [-0.39, 0.29) is 0 Å². The maximum Gasteiger partial charge on any atom is 0.427 e. The van der Waals surface area contributed by atoms with Gasteiger partial charge in [0.15, 0.2) is 5.75 Å². The second-order valence-corrected chi connectivity index (χ2v) is 2.56. The van der Waals surface area contributed by atoms with Crippen molar-refractivity contribution in [2.24, 2.45) is 0 Å². The lowest BCUT2D eigenvalue weighted by Crippen LogP contribution is -2.32. The van der Waals surface area contributed by atoms with Crippen LogP contribution in [0.2, 0.25) is 0 Å². The molecule has 2 heterocycles. The second kappa shape index (κ2) is 3.33. The average Bonchev–Trinajstić information content (AvgIpc) is 2.65. The van der Waals surface area contributed by atoms with Crippen molar-refractivity contribution in [3.63, 3.8) is 0 Å². The van der Waals surface area contributed by atoms with Crippen molar-refractivity contribution in [3.05, 3.63) is 35.1 Å². The van der Waals surface area contributed by atoms with Crippen LogP contribution in [0.1, 0.15) is 0 Å². The molecule has 0 saturated heterocycles. The van der Waals surface area contributed by atoms with Crippen LogP contribution in [0.25, 0.3) is 5.69 Å². The number of aromatic nitrogens is 3. The quantitative estimate of drug-likeness (QED) is 0.663. The van der Waals surface area contributed by atoms with Crippen molar-refractivity contribution >= 4 is 0 Å². The summed E-state index contributed by atoms with van der Waals surface area (Å²) in [6.45, 7) is 0. The highest BCUT2D eigenvalue weighted by molar-refractivity contribution is 5.35. The number of ether oxygens (including phenoxy) is 1. The van der Waals surface area contributed by atoms with Crippen LogP contribution < -0.4 is 15.0 Å². The van der Waals surface area contributed by atoms with Gasteiger partial charge in [0.05, 0.1) is 7.11 Å². The topological polar surface area (TPSA) is 72.0 Å². The van der Waals surface area contributed by atoms with E-state index >= 15 is 0 Å². The fraction of sp³-hybridized carbons (Fsp3) is 0.125. The predicted molar refractivity (Wildman–Crippen MR) is 45.2 cm³/mol. The highest BCUT2D eigenvalue weighted by Crippen LogP contribution is 2.13. The molecular formula is C8H8N3O3+. The van der Waals surface area contributed by atoms with Crippen molar-refractivity contribution in [2.75, 3.05) is 7.11 Å². The number of hydrogen-bond acceptors (Lipinski definition) is 4. The highest BCUT2D eigenvalue weighted by Gasteiger charge is 2.16. The van der Waals surface area contributed by atoms with Gasteiger partial charge >= 0.3 is 5.63 Å². The fourth-order valence-corrected chi connectivity index (χ4v) is 1.10. The molecule has 0 atom stereocenters. The average molecular weight is 194 g/mol. The molecule has 0 aliphatic rings. The Labute approximate surface area is 78.7 Å². The third-order valence-corrected chi connectivity index (χ3v) is 1.72. The molecule has 0 aromatic carbocycles. The number of rotatable bonds is 2. The Bertz CT molecular complexity index is 488. The second-order valence-electron chi connectivity index (χ2n) is 2.56. The van der Waals surface area contributed by atoms with E-state index in [2.05, 4.69) is 14.8 Å². The normalized spacial score (nSPS) is 10.1. The Hall–Kier alpha value is -2.11. The molecule has 6 heteroatoms. The Morgan fingerprint density at radius 3 is 3.14 bits per heavy atom. The van der Waals surface area contributed by atoms with Crippen LogP contribution in [0.4, 0.5) is 0 Å². The van der Waals surface area contributed by atoms with E-state index in [1.54, 1.807) is 18.5 Å². The van der Waals surface area contributed by atoms with Gasteiger partial charge in [0.2, 0.25) is 0 Å². The van der Waals surface area contributed by atoms with E-state index < -0.39 is 5.63 Å². The highest BCUT2D eigenvalue weighted by atomic mass is 16.5. The van der Waals surface area contributed by atoms with Gasteiger partial charge in [0, 0.05) is 12.3 Å². The lowest BCUT2D eigenvalue weighted by atomic mass is 10.4. The van der Waals surface area contributed by atoms with Crippen LogP contribution in [0.15, 0.2) is 34.0 Å². The molecule has 0 fully saturated rings. The Morgan fingerprint density at radius 1 is 1.64 bits per heavy atom. The summed E-state index contributed by atoms with van der Waals surface area (Å²) in [5.41, 5.74) is 0.150. The maximum atomic E-state index is 10.8. The van der Waals surface area contributed by atoms with E-state index in [4.69, 9.17) is 4.74 Å². The molecule has 72 valence electrons. The summed E-state index contributed by atoms with van der Waals surface area (Å²) in [5, 5.41) is 2.41. The molecule has 6 nitrogen and oxygen atoms in total.